The van der Waals surface area contributed by atoms with Gasteiger partial charge in [-0.25, -0.2) is 0 Å². The summed E-state index contributed by atoms with van der Waals surface area (Å²) in [6.45, 7) is 8.64. The summed E-state index contributed by atoms with van der Waals surface area (Å²) in [4.78, 5) is 23.4. The van der Waals surface area contributed by atoms with Crippen LogP contribution in [0.1, 0.15) is 84.0 Å². The molecule has 1 N–H and O–H groups in total. The Bertz CT molecular complexity index is 606. The number of aliphatic carboxylic acids is 1. The molecule has 1 unspecified atom stereocenters. The molecule has 0 spiro atoms. The predicted octanol–water partition coefficient (Wildman–Crippen LogP) is 6.99. The normalized spacial score (nSPS) is 21.1. The standard InChI is InChI=1S/C23H39ClO4Si/c1-5-6-7-8-11-14-17-23(28-29(2,3)4)18-20(24)22(27)19(23)15-12-9-10-13-16-21(25)26/h15,18H,5-14,16-17H2,1-4H3,(H,25,26). The molecule has 0 aromatic heterocycles. The van der Waals surface area contributed by atoms with E-state index in [0.717, 1.165) is 38.5 Å². The highest BCUT2D eigenvalue weighted by Gasteiger charge is 2.45. The Morgan fingerprint density at radius 1 is 1.10 bits per heavy atom. The Balaban J connectivity index is 2.82. The zero-order valence-corrected chi connectivity index (χ0v) is 20.4. The Morgan fingerprint density at radius 3 is 2.34 bits per heavy atom. The van der Waals surface area contributed by atoms with E-state index in [1.165, 1.54) is 25.7 Å². The van der Waals surface area contributed by atoms with Crippen LogP contribution >= 0.6 is 11.6 Å². The Labute approximate surface area is 182 Å². The van der Waals surface area contributed by atoms with E-state index in [-0.39, 0.29) is 17.2 Å². The van der Waals surface area contributed by atoms with Crippen molar-refractivity contribution in [2.45, 2.75) is 109 Å². The van der Waals surface area contributed by atoms with Gasteiger partial charge in [0.25, 0.3) is 0 Å². The van der Waals surface area contributed by atoms with Crippen molar-refractivity contribution < 1.29 is 19.1 Å². The molecule has 0 aromatic rings. The van der Waals surface area contributed by atoms with Gasteiger partial charge in [-0.05, 0) is 57.8 Å². The number of carbonyl (C=O) groups is 2. The van der Waals surface area contributed by atoms with Crippen molar-refractivity contribution in [2.75, 3.05) is 0 Å². The second-order valence-electron chi connectivity index (χ2n) is 9.05. The minimum Gasteiger partial charge on any atom is -0.481 e. The maximum absolute atomic E-state index is 12.8. The van der Waals surface area contributed by atoms with Crippen molar-refractivity contribution in [1.82, 2.24) is 0 Å². The molecule has 29 heavy (non-hydrogen) atoms. The predicted molar refractivity (Wildman–Crippen MR) is 123 cm³/mol. The van der Waals surface area contributed by atoms with E-state index in [2.05, 4.69) is 26.6 Å². The second-order valence-corrected chi connectivity index (χ2v) is 13.9. The summed E-state index contributed by atoms with van der Waals surface area (Å²) in [7, 11) is -1.91. The smallest absolute Gasteiger partial charge is 0.303 e. The summed E-state index contributed by atoms with van der Waals surface area (Å²) in [6, 6.07) is 0. The van der Waals surface area contributed by atoms with E-state index in [1.807, 2.05) is 12.2 Å². The van der Waals surface area contributed by atoms with Gasteiger partial charge in [-0.15, -0.1) is 0 Å². The summed E-state index contributed by atoms with van der Waals surface area (Å²) < 4.78 is 6.59. The van der Waals surface area contributed by atoms with Crippen LogP contribution in [0.5, 0.6) is 0 Å². The first-order valence-corrected chi connectivity index (χ1v) is 15.0. The molecular formula is C23H39ClO4Si. The first-order valence-electron chi connectivity index (χ1n) is 11.2. The highest BCUT2D eigenvalue weighted by Crippen LogP contribution is 2.42. The Morgan fingerprint density at radius 2 is 1.72 bits per heavy atom. The number of rotatable bonds is 15. The van der Waals surface area contributed by atoms with Gasteiger partial charge >= 0.3 is 5.97 Å². The fraction of sp³-hybridized carbons (Fsp3) is 0.739. The zero-order valence-electron chi connectivity index (χ0n) is 18.7. The largest absolute Gasteiger partial charge is 0.481 e. The van der Waals surface area contributed by atoms with Crippen LogP contribution < -0.4 is 0 Å². The van der Waals surface area contributed by atoms with Crippen molar-refractivity contribution in [2.24, 2.45) is 0 Å². The highest BCUT2D eigenvalue weighted by molar-refractivity contribution is 6.70. The van der Waals surface area contributed by atoms with Gasteiger partial charge in [0.05, 0.1) is 5.03 Å². The maximum atomic E-state index is 12.8. The number of carboxylic acid groups (broad SMARTS) is 1. The Kier molecular flexibility index (Phi) is 11.4. The van der Waals surface area contributed by atoms with E-state index in [9.17, 15) is 9.59 Å². The SMILES string of the molecule is CCCCCCCCC1(O[Si](C)(C)C)C=C(Cl)C(=O)C1=CCCCCCC(=O)O. The van der Waals surface area contributed by atoms with E-state index < -0.39 is 19.9 Å². The molecule has 166 valence electrons. The lowest BCUT2D eigenvalue weighted by atomic mass is 9.89. The molecule has 0 saturated heterocycles. The number of unbranched alkanes of at least 4 members (excludes halogenated alkanes) is 8. The number of ketones is 1. The summed E-state index contributed by atoms with van der Waals surface area (Å²) in [5.41, 5.74) is 0.00139. The van der Waals surface area contributed by atoms with Crippen LogP contribution in [0.2, 0.25) is 19.6 Å². The number of Topliss-reactive ketones (excluding diaryl/α,β-unsaturated/α-hetero) is 1. The zero-order chi connectivity index (χ0) is 21.9. The first kappa shape index (κ1) is 26.1. The monoisotopic (exact) mass is 442 g/mol. The molecule has 0 bridgehead atoms. The van der Waals surface area contributed by atoms with Crippen molar-refractivity contribution >= 4 is 31.7 Å². The minimum absolute atomic E-state index is 0.110. The summed E-state index contributed by atoms with van der Waals surface area (Å²) in [5, 5.41) is 9.01. The quantitative estimate of drug-likeness (QED) is 0.168. The summed E-state index contributed by atoms with van der Waals surface area (Å²) >= 11 is 6.29. The highest BCUT2D eigenvalue weighted by atomic mass is 35.5. The summed E-state index contributed by atoms with van der Waals surface area (Å²) in [6.07, 6.45) is 15.1. The number of carboxylic acids is 1. The molecule has 1 aliphatic carbocycles. The molecular weight excluding hydrogens is 404 g/mol. The lowest BCUT2D eigenvalue weighted by Gasteiger charge is -2.36. The average molecular weight is 443 g/mol. The summed E-state index contributed by atoms with van der Waals surface area (Å²) in [5.74, 6) is -0.867. The molecule has 0 heterocycles. The molecule has 0 radical (unpaired) electrons. The third-order valence-electron chi connectivity index (χ3n) is 5.11. The van der Waals surface area contributed by atoms with Crippen molar-refractivity contribution in [3.63, 3.8) is 0 Å². The van der Waals surface area contributed by atoms with Gasteiger partial charge in [0, 0.05) is 12.0 Å². The Hall–Kier alpha value is -0.913. The van der Waals surface area contributed by atoms with E-state index in [4.69, 9.17) is 21.1 Å². The fourth-order valence-electron chi connectivity index (χ4n) is 3.83. The molecule has 0 saturated carbocycles. The third kappa shape index (κ3) is 9.62. The first-order chi connectivity index (χ1) is 13.6. The number of hydrogen-bond donors (Lipinski definition) is 1. The van der Waals surface area contributed by atoms with Gasteiger partial charge < -0.3 is 9.53 Å². The second kappa shape index (κ2) is 12.7. The molecule has 1 rings (SSSR count). The van der Waals surface area contributed by atoms with Crippen LogP contribution in [0.15, 0.2) is 22.8 Å². The molecule has 4 nitrogen and oxygen atoms in total. The van der Waals surface area contributed by atoms with Gasteiger partial charge in [-0.1, -0.05) is 63.1 Å². The molecule has 0 fully saturated rings. The maximum Gasteiger partial charge on any atom is 0.303 e. The third-order valence-corrected chi connectivity index (χ3v) is 6.37. The van der Waals surface area contributed by atoms with Crippen LogP contribution in [-0.4, -0.2) is 30.8 Å². The van der Waals surface area contributed by atoms with Crippen LogP contribution in [0, 0.1) is 0 Å². The van der Waals surface area contributed by atoms with Gasteiger partial charge in [0.2, 0.25) is 5.78 Å². The van der Waals surface area contributed by atoms with Gasteiger partial charge in [0.15, 0.2) is 8.32 Å². The fourth-order valence-corrected chi connectivity index (χ4v) is 5.48. The van der Waals surface area contributed by atoms with E-state index in [1.54, 1.807) is 0 Å². The van der Waals surface area contributed by atoms with Crippen molar-refractivity contribution in [3.8, 4) is 0 Å². The van der Waals surface area contributed by atoms with Crippen LogP contribution in [0.25, 0.3) is 0 Å². The van der Waals surface area contributed by atoms with E-state index >= 15 is 0 Å². The number of carbonyl (C=O) groups excluding carboxylic acids is 1. The van der Waals surface area contributed by atoms with Crippen molar-refractivity contribution in [1.29, 1.82) is 0 Å². The lowest BCUT2D eigenvalue weighted by molar-refractivity contribution is -0.137. The van der Waals surface area contributed by atoms with Crippen LogP contribution in [0.3, 0.4) is 0 Å². The van der Waals surface area contributed by atoms with Crippen LogP contribution in [0.4, 0.5) is 0 Å². The van der Waals surface area contributed by atoms with Gasteiger partial charge in [0.1, 0.15) is 5.60 Å². The molecule has 0 aliphatic heterocycles. The average Bonchev–Trinajstić information content (AvgIpc) is 2.83. The van der Waals surface area contributed by atoms with Gasteiger partial charge in [-0.3, -0.25) is 9.59 Å². The number of hydrogen-bond acceptors (Lipinski definition) is 3. The van der Waals surface area contributed by atoms with Crippen molar-refractivity contribution in [3.05, 3.63) is 22.8 Å². The van der Waals surface area contributed by atoms with Crippen LogP contribution in [-0.2, 0) is 14.0 Å². The molecule has 0 aromatic carbocycles. The number of allylic oxidation sites excluding steroid dienone is 2. The van der Waals surface area contributed by atoms with Gasteiger partial charge in [-0.2, -0.15) is 0 Å². The molecule has 1 atom stereocenters. The number of halogens is 1. The molecule has 0 amide bonds. The van der Waals surface area contributed by atoms with E-state index in [0.29, 0.717) is 12.0 Å². The molecule has 1 aliphatic rings. The molecule has 6 heteroatoms. The minimum atomic E-state index is -1.91. The topological polar surface area (TPSA) is 63.6 Å². The lowest BCUT2D eigenvalue weighted by Crippen LogP contribution is -2.42.